The van der Waals surface area contributed by atoms with E-state index in [0.717, 1.165) is 77.9 Å². The second-order valence-corrected chi connectivity index (χ2v) is 32.2. The van der Waals surface area contributed by atoms with Crippen LogP contribution in [0, 0.1) is 37.7 Å². The summed E-state index contributed by atoms with van der Waals surface area (Å²) in [5.74, 6) is -0.524. The van der Waals surface area contributed by atoms with Crippen LogP contribution in [0.1, 0.15) is 111 Å². The van der Waals surface area contributed by atoms with Gasteiger partial charge in [0.05, 0.1) is 9.79 Å². The molecule has 0 unspecified atom stereocenters. The molecule has 4 aliphatic rings. The predicted molar refractivity (Wildman–Crippen MR) is 504 cm³/mol. The predicted octanol–water partition coefficient (Wildman–Crippen LogP) is 22.2. The second kappa shape index (κ2) is 41.9. The summed E-state index contributed by atoms with van der Waals surface area (Å²) in [5.41, 5.74) is 23.1. The van der Waals surface area contributed by atoms with Crippen LogP contribution >= 0.6 is 0 Å². The van der Waals surface area contributed by atoms with Gasteiger partial charge in [-0.3, -0.25) is 28.3 Å². The van der Waals surface area contributed by atoms with Gasteiger partial charge in [0, 0.05) is 127 Å². The van der Waals surface area contributed by atoms with Gasteiger partial charge in [-0.05, 0) is 113 Å². The van der Waals surface area contributed by atoms with Crippen molar-refractivity contribution in [3.8, 4) is 0 Å². The third-order valence-corrected chi connectivity index (χ3v) is 23.0. The van der Waals surface area contributed by atoms with Gasteiger partial charge in [-0.2, -0.15) is 16.8 Å². The minimum Gasteiger partial charge on any atom is -0.289 e. The summed E-state index contributed by atoms with van der Waals surface area (Å²) < 4.78 is 118. The van der Waals surface area contributed by atoms with Crippen LogP contribution in [0.4, 0.5) is 0 Å². The normalized spacial score (nSPS) is 13.6. The molecule has 0 aromatic heterocycles. The quantitative estimate of drug-likeness (QED) is 0.0596. The van der Waals surface area contributed by atoms with E-state index in [-0.39, 0.29) is 92.9 Å². The molecule has 14 aromatic rings. The molecule has 639 valence electrons. The van der Waals surface area contributed by atoms with E-state index in [2.05, 4.69) is 48.5 Å². The van der Waals surface area contributed by atoms with Gasteiger partial charge in [0.15, 0.2) is 23.1 Å². The average Bonchev–Trinajstić information content (AvgIpc) is 1.58. The Labute approximate surface area is 776 Å². The molecule has 18 rings (SSSR count). The summed E-state index contributed by atoms with van der Waals surface area (Å²) in [7, 11) is -15.2. The Morgan fingerprint density at radius 3 is 0.352 bits per heavy atom. The Bertz CT molecular complexity index is 7100. The maximum Gasteiger partial charge on any atom is 0.425 e. The van der Waals surface area contributed by atoms with E-state index >= 15 is 0 Å². The first-order valence-electron chi connectivity index (χ1n) is 38.6. The zero-order valence-corrected chi connectivity index (χ0v) is 70.9. The number of Topliss-reactive ketones (excluding diaryl/α,β-unsaturated/α-hetero) is 4. The zero-order chi connectivity index (χ0) is 86.8. The molecule has 21 heteroatoms. The maximum absolute atomic E-state index is 14.9. The Morgan fingerprint density at radius 2 is 0.242 bits per heavy atom. The molecule has 0 aliphatic heterocycles. The topological polar surface area (TPSA) is 279 Å². The molecule has 0 heterocycles. The van der Waals surface area contributed by atoms with Crippen molar-refractivity contribution < 1.29 is 108 Å². The van der Waals surface area contributed by atoms with E-state index in [1.165, 1.54) is 48.5 Å². The molecule has 4 aliphatic carbocycles. The van der Waals surface area contributed by atoms with E-state index in [1.54, 1.807) is 0 Å². The first kappa shape index (κ1) is 94.7. The van der Waals surface area contributed by atoms with Crippen molar-refractivity contribution in [1.29, 1.82) is 0 Å². The summed E-state index contributed by atoms with van der Waals surface area (Å²) in [6.45, 7) is 0. The van der Waals surface area contributed by atoms with Gasteiger partial charge in [-0.1, -0.05) is 398 Å². The van der Waals surface area contributed by atoms with Gasteiger partial charge in [-0.15, -0.1) is 25.3 Å². The van der Waals surface area contributed by atoms with Crippen LogP contribution in [0.25, 0.3) is 89.2 Å². The van der Waals surface area contributed by atoms with Crippen LogP contribution in [-0.4, -0.2) is 74.3 Å². The molecule has 16 nitrogen and oxygen atoms in total. The van der Waals surface area contributed by atoms with Gasteiger partial charge < -0.3 is 0 Å². The number of hydrogen-bond acceptors (Lipinski definition) is 14. The molecule has 0 fully saturated rings. The number of carbonyl (C=O) groups is 4. The van der Waals surface area contributed by atoms with Gasteiger partial charge >= 0.3 is 21.2 Å². The largest absolute Gasteiger partial charge is 0.425 e. The van der Waals surface area contributed by atoms with E-state index in [4.69, 9.17) is 25.3 Å². The third-order valence-electron chi connectivity index (χ3n) is 21.2. The molecular formula is C107H80HoO16S4. The van der Waals surface area contributed by atoms with Gasteiger partial charge in [-0.25, -0.2) is 0 Å². The zero-order valence-electron chi connectivity index (χ0n) is 65.6. The minimum absolute atomic E-state index is 0. The van der Waals surface area contributed by atoms with Crippen LogP contribution in [0.15, 0.2) is 410 Å². The van der Waals surface area contributed by atoms with Crippen molar-refractivity contribution in [2.75, 3.05) is 0 Å². The third kappa shape index (κ3) is 20.1. The number of benzene rings is 14. The molecule has 0 saturated carbocycles. The molecule has 0 bridgehead atoms. The van der Waals surface area contributed by atoms with E-state index in [0.29, 0.717) is 100 Å². The summed E-state index contributed by atoms with van der Waals surface area (Å²) in [6.07, 6.45) is 0. The number of ketones is 4. The van der Waals surface area contributed by atoms with Crippen molar-refractivity contribution in [2.24, 2.45) is 0 Å². The summed E-state index contributed by atoms with van der Waals surface area (Å²) in [6, 6.07) is 125. The van der Waals surface area contributed by atoms with Gasteiger partial charge in [0.1, 0.15) is 0 Å². The first-order chi connectivity index (χ1) is 60.0. The number of hydrogen-bond donors (Lipinski definition) is 2. The number of allylic oxidation sites excluding steroid dienone is 16. The minimum atomic E-state index is -4.50. The fourth-order valence-corrected chi connectivity index (χ4v) is 17.1. The molecule has 1 radical (unpaired) electrons. The van der Waals surface area contributed by atoms with Crippen LogP contribution in [0.5, 0.6) is 0 Å². The molecule has 128 heavy (non-hydrogen) atoms. The summed E-state index contributed by atoms with van der Waals surface area (Å²) >= 11 is 0. The van der Waals surface area contributed by atoms with Crippen LogP contribution in [0.3, 0.4) is 0 Å². The van der Waals surface area contributed by atoms with Crippen LogP contribution < -0.4 is 0 Å². The van der Waals surface area contributed by atoms with Crippen molar-refractivity contribution in [3.63, 3.8) is 0 Å². The van der Waals surface area contributed by atoms with Gasteiger partial charge in [0.25, 0.3) is 20.2 Å². The number of carbonyl (C=O) groups excluding carboxylic acids is 4. The summed E-state index contributed by atoms with van der Waals surface area (Å²) in [4.78, 5) is 58.8. The molecule has 14 aromatic carbocycles. The monoisotopic (exact) mass is 1910 g/mol. The average molecular weight is 1910 g/mol. The SMILES string of the molecule is C.C.C.O=C1C(c2ccc(S(=O)(=O)O)cc2)=C(c2ccccc2)C(c2ccc(C3=C(c4ccc(S(=O)(=O)O)cc4)C(=O)C(c4ccccc4)=C3c3ccccc3)cc2)=C1c1ccccc1.O=C1C(c2ccccc2)=C(c2ccccc2)C(c2ccc(C3=C(c4ccccc4)C(=O)C(c4ccccc4)=C3c3ccccc3)cc2)=C1c1ccccc1.O=S(=O)=O.O=S(=O)=O.[Ho]. The Morgan fingerprint density at radius 1 is 0.156 bits per heavy atom. The smallest absolute Gasteiger partial charge is 0.289 e. The van der Waals surface area contributed by atoms with Crippen molar-refractivity contribution in [2.45, 2.75) is 32.1 Å². The van der Waals surface area contributed by atoms with Crippen molar-refractivity contribution >= 4 is 154 Å². The fraction of sp³-hybridized carbons (Fsp3) is 0.0280. The van der Waals surface area contributed by atoms with Crippen LogP contribution in [0.2, 0.25) is 0 Å². The van der Waals surface area contributed by atoms with E-state index in [9.17, 15) is 45.1 Å². The van der Waals surface area contributed by atoms with Crippen LogP contribution in [-0.2, 0) is 60.6 Å². The maximum atomic E-state index is 14.9. The summed E-state index contributed by atoms with van der Waals surface area (Å²) in [5, 5.41) is 0. The fourth-order valence-electron chi connectivity index (χ4n) is 16.2. The Hall–Kier alpha value is -14.0. The number of rotatable bonds is 18. The van der Waals surface area contributed by atoms with E-state index in [1.807, 2.05) is 303 Å². The Balaban J connectivity index is 0.000000224. The van der Waals surface area contributed by atoms with Gasteiger partial charge in [0.2, 0.25) is 0 Å². The van der Waals surface area contributed by atoms with Crippen molar-refractivity contribution in [3.05, 3.63) is 489 Å². The molecule has 2 N–H and O–H groups in total. The van der Waals surface area contributed by atoms with Crippen molar-refractivity contribution in [1.82, 2.24) is 0 Å². The first-order valence-corrected chi connectivity index (χ1v) is 43.5. The molecule has 0 spiro atoms. The molecule has 0 saturated heterocycles. The molecule has 0 atom stereocenters. The standard InChI is InChI=1S/C52H34O8S2.C52H34O2.3CH4.Ho.2O3S/c53-51-47(35-17-9-3-10-18-35)43(33-13-5-1-6-14-33)46(50(51)40-27-31-42(32-28-40)62(58,59)60)38-23-21-37(22-24-38)45-44(34-15-7-2-8-16-34)49(39-25-29-41(30-26-39)61(55,56)57)52(54)48(45)36-19-11-4-12-20-36;53-51-47(37-23-11-3-12-24-37)43(35-19-7-1-8-20-35)45(49(51)39-27-15-5-16-28-39)41-31-33-42(34-32-41)46-44(36-21-9-2-10-22-36)48(38-25-13-4-14-26-38)52(54)50(46)40-29-17-6-18-30-40;;;;;2*1-4(2)3/h1-32H,(H,55,56,57)(H,58,59,60);1-34H;3*1H4;;;. The van der Waals surface area contributed by atoms with E-state index < -0.39 is 41.5 Å². The molecular weight excluding hydrogens is 1830 g/mol. The molecule has 0 amide bonds. The second-order valence-electron chi connectivity index (χ2n) is 28.5. The Kier molecular flexibility index (Phi) is 31.0.